The van der Waals surface area contributed by atoms with Crippen LogP contribution < -0.4 is 4.74 Å². The number of ether oxygens (including phenoxy) is 2. The summed E-state index contributed by atoms with van der Waals surface area (Å²) in [4.78, 5) is 15.0. The fourth-order valence-corrected chi connectivity index (χ4v) is 5.40. The first-order valence-electron chi connectivity index (χ1n) is 10.1. The predicted molar refractivity (Wildman–Crippen MR) is 108 cm³/mol. The van der Waals surface area contributed by atoms with Crippen LogP contribution in [0.2, 0.25) is 0 Å². The minimum atomic E-state index is -3.89. The van der Waals surface area contributed by atoms with Crippen LogP contribution in [0.3, 0.4) is 0 Å². The monoisotopic (exact) mass is 434 g/mol. The van der Waals surface area contributed by atoms with Crippen LogP contribution in [0.5, 0.6) is 5.75 Å². The minimum absolute atomic E-state index is 0.0875. The van der Waals surface area contributed by atoms with Gasteiger partial charge in [0.2, 0.25) is 15.9 Å². The van der Waals surface area contributed by atoms with Crippen molar-refractivity contribution in [2.75, 3.05) is 32.8 Å². The van der Waals surface area contributed by atoms with Crippen molar-refractivity contribution in [2.24, 2.45) is 0 Å². The quantitative estimate of drug-likeness (QED) is 0.673. The summed E-state index contributed by atoms with van der Waals surface area (Å²) in [6.07, 6.45) is 2.71. The van der Waals surface area contributed by atoms with Crippen LogP contribution in [0.1, 0.15) is 13.3 Å². The van der Waals surface area contributed by atoms with Crippen molar-refractivity contribution in [2.45, 2.75) is 36.9 Å². The molecule has 1 aromatic heterocycles. The molecule has 9 nitrogen and oxygen atoms in total. The molecule has 2 atom stereocenters. The zero-order valence-electron chi connectivity index (χ0n) is 16.9. The van der Waals surface area contributed by atoms with Gasteiger partial charge in [0.1, 0.15) is 22.8 Å². The molecule has 2 aliphatic rings. The Balaban J connectivity index is 1.60. The van der Waals surface area contributed by atoms with Crippen LogP contribution in [0.15, 0.2) is 47.6 Å². The molecule has 0 radical (unpaired) electrons. The molecule has 0 aliphatic carbocycles. The molecule has 4 rings (SSSR count). The topological polar surface area (TPSA) is 94.0 Å². The molecule has 2 fully saturated rings. The number of nitrogens with zero attached hydrogens (tertiary/aromatic N) is 4. The summed E-state index contributed by atoms with van der Waals surface area (Å²) in [5, 5.41) is 4.09. The molecule has 30 heavy (non-hydrogen) atoms. The van der Waals surface area contributed by atoms with E-state index in [2.05, 4.69) is 5.10 Å². The summed E-state index contributed by atoms with van der Waals surface area (Å²) in [6, 6.07) is 8.42. The van der Waals surface area contributed by atoms with Gasteiger partial charge in [0.25, 0.3) is 0 Å². The lowest BCUT2D eigenvalue weighted by Gasteiger charge is -2.31. The highest BCUT2D eigenvalue weighted by Gasteiger charge is 2.46. The van der Waals surface area contributed by atoms with Crippen LogP contribution in [-0.4, -0.2) is 78.3 Å². The van der Waals surface area contributed by atoms with Gasteiger partial charge in [-0.1, -0.05) is 18.2 Å². The number of aromatic nitrogens is 2. The van der Waals surface area contributed by atoms with E-state index in [0.29, 0.717) is 45.0 Å². The lowest BCUT2D eigenvalue weighted by Crippen LogP contribution is -2.50. The summed E-state index contributed by atoms with van der Waals surface area (Å²) in [7, 11) is -3.89. The number of amides is 1. The minimum Gasteiger partial charge on any atom is -0.489 e. The largest absolute Gasteiger partial charge is 0.489 e. The molecule has 162 valence electrons. The van der Waals surface area contributed by atoms with Crippen LogP contribution in [0.25, 0.3) is 0 Å². The van der Waals surface area contributed by atoms with E-state index >= 15 is 0 Å². The Morgan fingerprint density at radius 3 is 2.63 bits per heavy atom. The lowest BCUT2D eigenvalue weighted by atomic mass is 10.1. The van der Waals surface area contributed by atoms with Gasteiger partial charge in [-0.25, -0.2) is 8.42 Å². The third-order valence-electron chi connectivity index (χ3n) is 5.41. The van der Waals surface area contributed by atoms with Gasteiger partial charge in [-0.3, -0.25) is 9.48 Å². The second kappa shape index (κ2) is 8.75. The van der Waals surface area contributed by atoms with Gasteiger partial charge in [-0.15, -0.1) is 0 Å². The SMILES string of the molecule is CCn1cc(S(=O)(=O)N2C[C@@H](Oc3ccccc3)C[C@@H]2C(=O)N2CCOCC2)cn1. The van der Waals surface area contributed by atoms with Gasteiger partial charge in [0.15, 0.2) is 0 Å². The first-order chi connectivity index (χ1) is 14.5. The van der Waals surface area contributed by atoms with Crippen LogP contribution in [0.4, 0.5) is 0 Å². The third-order valence-corrected chi connectivity index (χ3v) is 7.24. The lowest BCUT2D eigenvalue weighted by molar-refractivity contribution is -0.138. The van der Waals surface area contributed by atoms with Crippen molar-refractivity contribution in [1.29, 1.82) is 0 Å². The zero-order valence-corrected chi connectivity index (χ0v) is 17.7. The smallest absolute Gasteiger partial charge is 0.247 e. The molecule has 2 saturated heterocycles. The molecule has 1 aromatic carbocycles. The van der Waals surface area contributed by atoms with Gasteiger partial charge >= 0.3 is 0 Å². The summed E-state index contributed by atoms with van der Waals surface area (Å²) in [6.45, 7) is 4.38. The summed E-state index contributed by atoms with van der Waals surface area (Å²) < 4.78 is 40.9. The van der Waals surface area contributed by atoms with Crippen molar-refractivity contribution in [1.82, 2.24) is 19.0 Å². The molecule has 2 aliphatic heterocycles. The van der Waals surface area contributed by atoms with Crippen molar-refractivity contribution < 1.29 is 22.7 Å². The van der Waals surface area contributed by atoms with Crippen molar-refractivity contribution in [3.63, 3.8) is 0 Å². The maximum absolute atomic E-state index is 13.4. The molecule has 0 unspecified atom stereocenters. The van der Waals surface area contributed by atoms with E-state index in [1.165, 1.54) is 16.7 Å². The van der Waals surface area contributed by atoms with Gasteiger partial charge in [0, 0.05) is 32.3 Å². The molecule has 1 amide bonds. The van der Waals surface area contributed by atoms with E-state index < -0.39 is 22.2 Å². The Bertz CT molecular complexity index is 972. The van der Waals surface area contributed by atoms with Gasteiger partial charge in [-0.2, -0.15) is 9.40 Å². The summed E-state index contributed by atoms with van der Waals surface area (Å²) in [5.74, 6) is 0.446. The molecule has 0 spiro atoms. The van der Waals surface area contributed by atoms with Crippen LogP contribution in [0, 0.1) is 0 Å². The number of para-hydroxylation sites is 1. The number of hydrogen-bond donors (Lipinski definition) is 0. The average molecular weight is 435 g/mol. The Morgan fingerprint density at radius 2 is 1.97 bits per heavy atom. The fraction of sp³-hybridized carbons (Fsp3) is 0.500. The van der Waals surface area contributed by atoms with E-state index in [9.17, 15) is 13.2 Å². The first-order valence-corrected chi connectivity index (χ1v) is 11.6. The summed E-state index contributed by atoms with van der Waals surface area (Å²) in [5.41, 5.74) is 0. The molecule has 2 aromatic rings. The van der Waals surface area contributed by atoms with E-state index in [-0.39, 0.29) is 17.3 Å². The van der Waals surface area contributed by atoms with E-state index in [1.54, 1.807) is 9.58 Å². The average Bonchev–Trinajstić information content (AvgIpc) is 3.43. The van der Waals surface area contributed by atoms with Crippen LogP contribution >= 0.6 is 0 Å². The highest BCUT2D eigenvalue weighted by atomic mass is 32.2. The first kappa shape index (κ1) is 20.8. The molecular weight excluding hydrogens is 408 g/mol. The zero-order chi connectivity index (χ0) is 21.1. The van der Waals surface area contributed by atoms with Crippen molar-refractivity contribution in [3.8, 4) is 5.75 Å². The maximum atomic E-state index is 13.4. The van der Waals surface area contributed by atoms with E-state index in [4.69, 9.17) is 9.47 Å². The van der Waals surface area contributed by atoms with E-state index in [1.807, 2.05) is 37.3 Å². The molecule has 3 heterocycles. The van der Waals surface area contributed by atoms with Gasteiger partial charge in [0.05, 0.1) is 26.0 Å². The standard InChI is InChI=1S/C20H26N4O5S/c1-2-23-15-18(13-21-23)30(26,27)24-14-17(29-16-6-4-3-5-7-16)12-19(24)20(25)22-8-10-28-11-9-22/h3-7,13,15,17,19H,2,8-12,14H2,1H3/t17-,19+/m0/s1. The number of aryl methyl sites for hydroxylation is 1. The van der Waals surface area contributed by atoms with Crippen molar-refractivity contribution in [3.05, 3.63) is 42.7 Å². The van der Waals surface area contributed by atoms with Crippen LogP contribution in [-0.2, 0) is 26.1 Å². The molecule has 0 bridgehead atoms. The predicted octanol–water partition coefficient (Wildman–Crippen LogP) is 0.972. The highest BCUT2D eigenvalue weighted by molar-refractivity contribution is 7.89. The number of rotatable bonds is 6. The summed E-state index contributed by atoms with van der Waals surface area (Å²) >= 11 is 0. The molecular formula is C20H26N4O5S. The van der Waals surface area contributed by atoms with Gasteiger partial charge < -0.3 is 14.4 Å². The highest BCUT2D eigenvalue weighted by Crippen LogP contribution is 2.30. The third kappa shape index (κ3) is 4.21. The number of hydrogen-bond acceptors (Lipinski definition) is 6. The number of carbonyl (C=O) groups excluding carboxylic acids is 1. The number of carbonyl (C=O) groups is 1. The number of benzene rings is 1. The molecule has 0 N–H and O–H groups in total. The fourth-order valence-electron chi connectivity index (χ4n) is 3.82. The molecule has 0 saturated carbocycles. The second-order valence-electron chi connectivity index (χ2n) is 7.35. The van der Waals surface area contributed by atoms with E-state index in [0.717, 1.165) is 0 Å². The van der Waals surface area contributed by atoms with Crippen molar-refractivity contribution >= 4 is 15.9 Å². The number of morpholine rings is 1. The maximum Gasteiger partial charge on any atom is 0.247 e. The Morgan fingerprint density at radius 1 is 1.23 bits per heavy atom. The Labute approximate surface area is 176 Å². The second-order valence-corrected chi connectivity index (χ2v) is 9.24. The Hall–Kier alpha value is -2.43. The Kier molecular flexibility index (Phi) is 6.07. The number of sulfonamides is 1. The van der Waals surface area contributed by atoms with Gasteiger partial charge in [-0.05, 0) is 19.1 Å². The normalized spacial score (nSPS) is 22.9. The molecule has 10 heteroatoms.